The van der Waals surface area contributed by atoms with E-state index in [4.69, 9.17) is 0 Å². The number of carbonyl (C=O) groups excluding carboxylic acids is 3. The summed E-state index contributed by atoms with van der Waals surface area (Å²) in [4.78, 5) is 45.5. The molecule has 3 amide bonds. The van der Waals surface area contributed by atoms with Crippen LogP contribution in [0.5, 0.6) is 0 Å². The van der Waals surface area contributed by atoms with Gasteiger partial charge < -0.3 is 14.7 Å². The molecule has 0 saturated carbocycles. The molecule has 0 spiro atoms. The van der Waals surface area contributed by atoms with Crippen LogP contribution in [0.25, 0.3) is 0 Å². The van der Waals surface area contributed by atoms with Gasteiger partial charge in [-0.15, -0.1) is 0 Å². The van der Waals surface area contributed by atoms with Crippen molar-refractivity contribution in [2.24, 2.45) is 5.92 Å². The second-order valence-corrected chi connectivity index (χ2v) is 9.91. The molecule has 3 heterocycles. The molecule has 10 heteroatoms. The van der Waals surface area contributed by atoms with Crippen LogP contribution in [0, 0.1) is 5.92 Å². The molecule has 2 unspecified atom stereocenters. The van der Waals surface area contributed by atoms with Crippen LogP contribution in [0.3, 0.4) is 0 Å². The fraction of sp³-hybridized carbons (Fsp3) is 0.640. The molecule has 3 aliphatic heterocycles. The molecule has 0 N–H and O–H groups in total. The summed E-state index contributed by atoms with van der Waals surface area (Å²) < 4.78 is 39.0. The van der Waals surface area contributed by atoms with Gasteiger partial charge in [0.25, 0.3) is 0 Å². The number of likely N-dealkylation sites (tertiary alicyclic amines) is 2. The average Bonchev–Trinajstić information content (AvgIpc) is 3.19. The number of nitrogens with zero attached hydrogens (tertiary/aromatic N) is 4. The Balaban J connectivity index is 1.26. The summed E-state index contributed by atoms with van der Waals surface area (Å²) >= 11 is 0. The van der Waals surface area contributed by atoms with E-state index >= 15 is 0 Å². The van der Waals surface area contributed by atoms with Crippen molar-refractivity contribution in [1.29, 1.82) is 0 Å². The number of halogens is 3. The lowest BCUT2D eigenvalue weighted by Gasteiger charge is -2.38. The maximum Gasteiger partial charge on any atom is 0.416 e. The zero-order valence-electron chi connectivity index (χ0n) is 20.1. The van der Waals surface area contributed by atoms with Gasteiger partial charge in [-0.05, 0) is 43.9 Å². The standard InChI is InChI=1S/C25H33F3N4O3/c1-18-5-2-3-8-32(18)23(34)17-29-9-11-30(12-10-29)24(35)20-14-22(33)31(16-20)15-19-6-4-7-21(13-19)25(26,27)28/h4,6-7,13,18,20H,2-3,5,8-12,14-17H2,1H3. The largest absolute Gasteiger partial charge is 0.416 e. The second-order valence-electron chi connectivity index (χ2n) is 9.91. The molecule has 35 heavy (non-hydrogen) atoms. The molecule has 3 fully saturated rings. The first kappa shape index (κ1) is 25.5. The Labute approximate surface area is 203 Å². The van der Waals surface area contributed by atoms with Crippen LogP contribution in [-0.2, 0) is 27.1 Å². The minimum Gasteiger partial charge on any atom is -0.340 e. The molecule has 3 saturated heterocycles. The maximum absolute atomic E-state index is 13.1. The highest BCUT2D eigenvalue weighted by Crippen LogP contribution is 2.30. The minimum atomic E-state index is -4.44. The van der Waals surface area contributed by atoms with Crippen LogP contribution in [0.4, 0.5) is 13.2 Å². The molecule has 2 atom stereocenters. The van der Waals surface area contributed by atoms with E-state index in [0.717, 1.165) is 37.9 Å². The van der Waals surface area contributed by atoms with Crippen molar-refractivity contribution in [2.45, 2.75) is 51.4 Å². The van der Waals surface area contributed by atoms with E-state index in [9.17, 15) is 27.6 Å². The van der Waals surface area contributed by atoms with E-state index in [1.54, 1.807) is 11.0 Å². The first-order chi connectivity index (χ1) is 16.6. The monoisotopic (exact) mass is 494 g/mol. The van der Waals surface area contributed by atoms with Gasteiger partial charge in [0.05, 0.1) is 18.0 Å². The van der Waals surface area contributed by atoms with E-state index in [-0.39, 0.29) is 43.3 Å². The Bertz CT molecular complexity index is 946. The van der Waals surface area contributed by atoms with Crippen molar-refractivity contribution >= 4 is 17.7 Å². The molecule has 1 aromatic rings. The van der Waals surface area contributed by atoms with Crippen LogP contribution < -0.4 is 0 Å². The first-order valence-corrected chi connectivity index (χ1v) is 12.4. The molecule has 0 radical (unpaired) electrons. The lowest BCUT2D eigenvalue weighted by atomic mass is 10.0. The minimum absolute atomic E-state index is 0.0529. The van der Waals surface area contributed by atoms with Crippen LogP contribution in [-0.4, -0.2) is 89.2 Å². The molecule has 0 aliphatic carbocycles. The fourth-order valence-corrected chi connectivity index (χ4v) is 5.29. The number of carbonyl (C=O) groups is 3. The number of amides is 3. The lowest BCUT2D eigenvalue weighted by molar-refractivity contribution is -0.139. The highest BCUT2D eigenvalue weighted by molar-refractivity contribution is 5.89. The Morgan fingerprint density at radius 2 is 1.80 bits per heavy atom. The van der Waals surface area contributed by atoms with Crippen LogP contribution in [0.1, 0.15) is 43.7 Å². The van der Waals surface area contributed by atoms with Gasteiger partial charge in [-0.1, -0.05) is 12.1 Å². The predicted molar refractivity (Wildman–Crippen MR) is 123 cm³/mol. The quantitative estimate of drug-likeness (QED) is 0.632. The average molecular weight is 495 g/mol. The Morgan fingerprint density at radius 3 is 2.49 bits per heavy atom. The number of benzene rings is 1. The Hall–Kier alpha value is -2.62. The molecule has 0 bridgehead atoms. The summed E-state index contributed by atoms with van der Waals surface area (Å²) in [5.41, 5.74) is -0.358. The van der Waals surface area contributed by atoms with Gasteiger partial charge >= 0.3 is 6.18 Å². The van der Waals surface area contributed by atoms with Crippen LogP contribution in [0.15, 0.2) is 24.3 Å². The highest BCUT2D eigenvalue weighted by atomic mass is 19.4. The molecule has 7 nitrogen and oxygen atoms in total. The number of rotatable bonds is 5. The van der Waals surface area contributed by atoms with Gasteiger partial charge in [0.1, 0.15) is 0 Å². The number of piperidine rings is 1. The molecule has 3 aliphatic rings. The van der Waals surface area contributed by atoms with Crippen molar-refractivity contribution in [3.8, 4) is 0 Å². The third-order valence-electron chi connectivity index (χ3n) is 7.36. The first-order valence-electron chi connectivity index (χ1n) is 12.4. The predicted octanol–water partition coefficient (Wildman–Crippen LogP) is 2.60. The van der Waals surface area contributed by atoms with Crippen molar-refractivity contribution in [1.82, 2.24) is 19.6 Å². The van der Waals surface area contributed by atoms with Gasteiger partial charge in [-0.3, -0.25) is 19.3 Å². The number of hydrogen-bond donors (Lipinski definition) is 0. The summed E-state index contributed by atoms with van der Waals surface area (Å²) in [5, 5.41) is 0. The summed E-state index contributed by atoms with van der Waals surface area (Å²) in [6.45, 7) is 5.73. The van der Waals surface area contributed by atoms with E-state index in [1.807, 2.05) is 4.90 Å². The van der Waals surface area contributed by atoms with E-state index in [0.29, 0.717) is 38.3 Å². The van der Waals surface area contributed by atoms with Crippen LogP contribution >= 0.6 is 0 Å². The Kier molecular flexibility index (Phi) is 7.68. The van der Waals surface area contributed by atoms with Gasteiger partial charge in [0, 0.05) is 58.3 Å². The second kappa shape index (κ2) is 10.6. The van der Waals surface area contributed by atoms with Gasteiger partial charge in [-0.25, -0.2) is 0 Å². The van der Waals surface area contributed by atoms with Crippen LogP contribution in [0.2, 0.25) is 0 Å². The van der Waals surface area contributed by atoms with Crippen molar-refractivity contribution < 1.29 is 27.6 Å². The van der Waals surface area contributed by atoms with Gasteiger partial charge in [-0.2, -0.15) is 13.2 Å². The molecule has 0 aromatic heterocycles. The van der Waals surface area contributed by atoms with Crippen molar-refractivity contribution in [3.05, 3.63) is 35.4 Å². The molecular formula is C25H33F3N4O3. The maximum atomic E-state index is 13.1. The molecule has 1 aromatic carbocycles. The summed E-state index contributed by atoms with van der Waals surface area (Å²) in [6, 6.07) is 5.22. The normalized spacial score (nSPS) is 24.2. The van der Waals surface area contributed by atoms with Gasteiger partial charge in [0.2, 0.25) is 17.7 Å². The van der Waals surface area contributed by atoms with E-state index in [2.05, 4.69) is 11.8 Å². The smallest absolute Gasteiger partial charge is 0.340 e. The number of piperazine rings is 1. The molecular weight excluding hydrogens is 461 g/mol. The third-order valence-corrected chi connectivity index (χ3v) is 7.36. The summed E-state index contributed by atoms with van der Waals surface area (Å²) in [7, 11) is 0. The molecule has 192 valence electrons. The zero-order chi connectivity index (χ0) is 25.2. The van der Waals surface area contributed by atoms with E-state index < -0.39 is 17.7 Å². The number of alkyl halides is 3. The Morgan fingerprint density at radius 1 is 1.06 bits per heavy atom. The topological polar surface area (TPSA) is 64.2 Å². The summed E-state index contributed by atoms with van der Waals surface area (Å²) in [6.07, 6.45) is -1.12. The van der Waals surface area contributed by atoms with Gasteiger partial charge in [0.15, 0.2) is 0 Å². The van der Waals surface area contributed by atoms with Crippen molar-refractivity contribution in [2.75, 3.05) is 45.8 Å². The fourth-order valence-electron chi connectivity index (χ4n) is 5.29. The highest BCUT2D eigenvalue weighted by Gasteiger charge is 2.38. The van der Waals surface area contributed by atoms with E-state index in [1.165, 1.54) is 11.0 Å². The summed E-state index contributed by atoms with van der Waals surface area (Å²) in [5.74, 6) is -0.666. The number of hydrogen-bond acceptors (Lipinski definition) is 4. The zero-order valence-corrected chi connectivity index (χ0v) is 20.1. The lowest BCUT2D eigenvalue weighted by Crippen LogP contribution is -2.54. The SMILES string of the molecule is CC1CCCCN1C(=O)CN1CCN(C(=O)C2CC(=O)N(Cc3cccc(C(F)(F)F)c3)C2)CC1. The van der Waals surface area contributed by atoms with Crippen molar-refractivity contribution in [3.63, 3.8) is 0 Å². The molecule has 4 rings (SSSR count). The third kappa shape index (κ3) is 6.15.